The van der Waals surface area contributed by atoms with Crippen LogP contribution in [0.3, 0.4) is 0 Å². The summed E-state index contributed by atoms with van der Waals surface area (Å²) in [4.78, 5) is 26.0. The fraction of sp³-hybridized carbons (Fsp3) is 0.846. The highest BCUT2D eigenvalue weighted by atomic mass is 19.4. The van der Waals surface area contributed by atoms with Crippen LogP contribution in [0.25, 0.3) is 0 Å². The second kappa shape index (κ2) is 6.11. The molecule has 1 aliphatic rings. The second-order valence-electron chi connectivity index (χ2n) is 5.69. The van der Waals surface area contributed by atoms with Crippen LogP contribution in [-0.2, 0) is 4.79 Å². The molecule has 0 saturated carbocycles. The first kappa shape index (κ1) is 17.6. The number of amides is 2. The van der Waals surface area contributed by atoms with Crippen LogP contribution in [0.4, 0.5) is 18.0 Å². The average molecular weight is 310 g/mol. The minimum atomic E-state index is -4.24. The zero-order valence-electron chi connectivity index (χ0n) is 12.4. The van der Waals surface area contributed by atoms with Crippen molar-refractivity contribution in [1.82, 2.24) is 9.80 Å². The summed E-state index contributed by atoms with van der Waals surface area (Å²) in [6.07, 6.45) is -4.51. The largest absolute Gasteiger partial charge is 0.480 e. The highest BCUT2D eigenvalue weighted by Gasteiger charge is 2.44. The Bertz CT molecular complexity index is 402. The van der Waals surface area contributed by atoms with Crippen LogP contribution in [0.2, 0.25) is 0 Å². The Morgan fingerprint density at radius 2 is 1.71 bits per heavy atom. The first-order chi connectivity index (χ1) is 9.51. The number of carboxylic acid groups (broad SMARTS) is 1. The fourth-order valence-corrected chi connectivity index (χ4v) is 2.45. The van der Waals surface area contributed by atoms with Crippen molar-refractivity contribution in [3.05, 3.63) is 0 Å². The average Bonchev–Trinajstić information content (AvgIpc) is 2.38. The maximum absolute atomic E-state index is 12.6. The van der Waals surface area contributed by atoms with Gasteiger partial charge in [-0.2, -0.15) is 13.2 Å². The van der Waals surface area contributed by atoms with E-state index in [4.69, 9.17) is 0 Å². The van der Waals surface area contributed by atoms with Crippen LogP contribution in [0.1, 0.15) is 33.6 Å². The van der Waals surface area contributed by atoms with Gasteiger partial charge in [-0.25, -0.2) is 9.59 Å². The van der Waals surface area contributed by atoms with Gasteiger partial charge in [0.25, 0.3) is 0 Å². The van der Waals surface area contributed by atoms with Crippen LogP contribution >= 0.6 is 0 Å². The molecule has 1 saturated heterocycles. The predicted octanol–water partition coefficient (Wildman–Crippen LogP) is 2.57. The van der Waals surface area contributed by atoms with Crippen molar-refractivity contribution >= 4 is 12.0 Å². The standard InChI is InChI=1S/C13H21F3N2O3/c1-4-18(12(2,3)10(19)20)11(21)17-7-5-9(6-8-17)13(14,15)16/h9H,4-8H2,1-3H3,(H,19,20). The van der Waals surface area contributed by atoms with E-state index in [1.165, 1.54) is 23.6 Å². The molecule has 0 bridgehead atoms. The molecule has 5 nitrogen and oxygen atoms in total. The number of rotatable bonds is 3. The van der Waals surface area contributed by atoms with E-state index in [1.54, 1.807) is 6.92 Å². The summed E-state index contributed by atoms with van der Waals surface area (Å²) in [6, 6.07) is -0.523. The van der Waals surface area contributed by atoms with Crippen molar-refractivity contribution in [3.8, 4) is 0 Å². The molecule has 0 aromatic rings. The monoisotopic (exact) mass is 310 g/mol. The zero-order valence-corrected chi connectivity index (χ0v) is 12.4. The van der Waals surface area contributed by atoms with Gasteiger partial charge in [-0.15, -0.1) is 0 Å². The van der Waals surface area contributed by atoms with E-state index in [0.717, 1.165) is 0 Å². The van der Waals surface area contributed by atoms with E-state index in [0.29, 0.717) is 0 Å². The number of carboxylic acids is 1. The fourth-order valence-electron chi connectivity index (χ4n) is 2.45. The number of likely N-dealkylation sites (N-methyl/N-ethyl adjacent to an activating group) is 1. The van der Waals surface area contributed by atoms with E-state index in [1.807, 2.05) is 0 Å². The zero-order chi connectivity index (χ0) is 16.4. The quantitative estimate of drug-likeness (QED) is 0.871. The molecule has 122 valence electrons. The molecule has 1 aliphatic heterocycles. The number of carbonyl (C=O) groups excluding carboxylic acids is 1. The first-order valence-corrected chi connectivity index (χ1v) is 6.88. The van der Waals surface area contributed by atoms with Crippen LogP contribution in [0, 0.1) is 5.92 Å². The van der Waals surface area contributed by atoms with E-state index < -0.39 is 29.6 Å². The normalized spacial score (nSPS) is 17.7. The number of hydrogen-bond donors (Lipinski definition) is 1. The third kappa shape index (κ3) is 3.79. The Morgan fingerprint density at radius 3 is 2.05 bits per heavy atom. The van der Waals surface area contributed by atoms with Crippen molar-refractivity contribution in [1.29, 1.82) is 0 Å². The maximum atomic E-state index is 12.6. The highest BCUT2D eigenvalue weighted by molar-refractivity contribution is 5.85. The lowest BCUT2D eigenvalue weighted by atomic mass is 9.96. The summed E-state index contributed by atoms with van der Waals surface area (Å²) in [5.41, 5.74) is -1.40. The lowest BCUT2D eigenvalue weighted by Gasteiger charge is -2.40. The summed E-state index contributed by atoms with van der Waals surface area (Å²) in [5, 5.41) is 9.18. The molecule has 1 heterocycles. The summed E-state index contributed by atoms with van der Waals surface area (Å²) in [6.45, 7) is 4.62. The molecule has 0 radical (unpaired) electrons. The molecule has 1 N–H and O–H groups in total. The van der Waals surface area contributed by atoms with E-state index in [2.05, 4.69) is 0 Å². The molecular formula is C13H21F3N2O3. The topological polar surface area (TPSA) is 60.9 Å². The number of carbonyl (C=O) groups is 2. The summed E-state index contributed by atoms with van der Waals surface area (Å²) in [7, 11) is 0. The molecule has 0 spiro atoms. The number of piperidine rings is 1. The molecule has 2 amide bonds. The second-order valence-corrected chi connectivity index (χ2v) is 5.69. The molecule has 0 unspecified atom stereocenters. The Morgan fingerprint density at radius 1 is 1.24 bits per heavy atom. The minimum absolute atomic E-state index is 0.00475. The Kier molecular flexibility index (Phi) is 5.11. The van der Waals surface area contributed by atoms with Crippen LogP contribution in [-0.4, -0.2) is 58.3 Å². The van der Waals surface area contributed by atoms with Crippen molar-refractivity contribution < 1.29 is 27.9 Å². The summed E-state index contributed by atoms with van der Waals surface area (Å²) in [5.74, 6) is -2.54. The lowest BCUT2D eigenvalue weighted by molar-refractivity contribution is -0.183. The van der Waals surface area contributed by atoms with Gasteiger partial charge in [0, 0.05) is 19.6 Å². The minimum Gasteiger partial charge on any atom is -0.480 e. The van der Waals surface area contributed by atoms with Crippen molar-refractivity contribution in [2.24, 2.45) is 5.92 Å². The maximum Gasteiger partial charge on any atom is 0.391 e. The van der Waals surface area contributed by atoms with Gasteiger partial charge in [0.05, 0.1) is 5.92 Å². The number of nitrogens with zero attached hydrogens (tertiary/aromatic N) is 2. The Hall–Kier alpha value is -1.47. The third-order valence-corrected chi connectivity index (χ3v) is 3.97. The van der Waals surface area contributed by atoms with Crippen molar-refractivity contribution in [2.75, 3.05) is 19.6 Å². The van der Waals surface area contributed by atoms with E-state index in [-0.39, 0.29) is 32.5 Å². The van der Waals surface area contributed by atoms with Gasteiger partial charge in [0.15, 0.2) is 0 Å². The van der Waals surface area contributed by atoms with Gasteiger partial charge in [-0.1, -0.05) is 0 Å². The SMILES string of the molecule is CCN(C(=O)N1CCC(C(F)(F)F)CC1)C(C)(C)C(=O)O. The van der Waals surface area contributed by atoms with Gasteiger partial charge in [-0.05, 0) is 33.6 Å². The Balaban J connectivity index is 2.74. The molecule has 1 rings (SSSR count). The number of halogens is 3. The molecule has 21 heavy (non-hydrogen) atoms. The van der Waals surface area contributed by atoms with Crippen LogP contribution in [0.15, 0.2) is 0 Å². The lowest BCUT2D eigenvalue weighted by Crippen LogP contribution is -2.58. The summed E-state index contributed by atoms with van der Waals surface area (Å²) < 4.78 is 37.8. The van der Waals surface area contributed by atoms with Crippen LogP contribution in [0.5, 0.6) is 0 Å². The van der Waals surface area contributed by atoms with Gasteiger partial charge in [0.2, 0.25) is 0 Å². The van der Waals surface area contributed by atoms with Crippen molar-refractivity contribution in [2.45, 2.75) is 45.3 Å². The molecule has 0 aliphatic carbocycles. The third-order valence-electron chi connectivity index (χ3n) is 3.97. The molecular weight excluding hydrogens is 289 g/mol. The Labute approximate surface area is 121 Å². The number of likely N-dealkylation sites (tertiary alicyclic amines) is 1. The highest BCUT2D eigenvalue weighted by Crippen LogP contribution is 2.34. The van der Waals surface area contributed by atoms with Gasteiger partial charge >= 0.3 is 18.2 Å². The summed E-state index contributed by atoms with van der Waals surface area (Å²) >= 11 is 0. The molecule has 0 aromatic carbocycles. The van der Waals surface area contributed by atoms with E-state index >= 15 is 0 Å². The predicted molar refractivity (Wildman–Crippen MR) is 69.8 cm³/mol. The first-order valence-electron chi connectivity index (χ1n) is 6.88. The van der Waals surface area contributed by atoms with Gasteiger partial charge in [0.1, 0.15) is 5.54 Å². The van der Waals surface area contributed by atoms with E-state index in [9.17, 15) is 27.9 Å². The molecule has 1 fully saturated rings. The van der Waals surface area contributed by atoms with Crippen molar-refractivity contribution in [3.63, 3.8) is 0 Å². The number of alkyl halides is 3. The molecule has 8 heteroatoms. The van der Waals surface area contributed by atoms with Crippen LogP contribution < -0.4 is 0 Å². The number of urea groups is 1. The van der Waals surface area contributed by atoms with Gasteiger partial charge < -0.3 is 14.9 Å². The smallest absolute Gasteiger partial charge is 0.391 e. The molecule has 0 aromatic heterocycles. The molecule has 0 atom stereocenters. The van der Waals surface area contributed by atoms with Gasteiger partial charge in [-0.3, -0.25) is 0 Å². The number of aliphatic carboxylic acids is 1. The number of hydrogen-bond acceptors (Lipinski definition) is 2.